The lowest BCUT2D eigenvalue weighted by Crippen LogP contribution is -2.33. The zero-order valence-corrected chi connectivity index (χ0v) is 11.3. The van der Waals surface area contributed by atoms with E-state index in [4.69, 9.17) is 0 Å². The van der Waals surface area contributed by atoms with E-state index in [0.29, 0.717) is 12.1 Å². The number of hydrogen-bond acceptors (Lipinski definition) is 2. The van der Waals surface area contributed by atoms with Gasteiger partial charge in [-0.1, -0.05) is 18.2 Å². The summed E-state index contributed by atoms with van der Waals surface area (Å²) in [5, 5.41) is 7.16. The van der Waals surface area contributed by atoms with Crippen molar-refractivity contribution in [2.75, 3.05) is 13.1 Å². The first-order valence-corrected chi connectivity index (χ1v) is 7.41. The molecule has 1 saturated heterocycles. The lowest BCUT2D eigenvalue weighted by molar-refractivity contribution is 0.478. The number of nitrogens with one attached hydrogen (secondary N) is 2. The van der Waals surface area contributed by atoms with Gasteiger partial charge in [-0.05, 0) is 62.3 Å². The van der Waals surface area contributed by atoms with Crippen molar-refractivity contribution in [1.82, 2.24) is 10.6 Å². The Bertz CT molecular complexity index is 408. The summed E-state index contributed by atoms with van der Waals surface area (Å²) in [6, 6.07) is 8.24. The molecule has 0 saturated carbocycles. The van der Waals surface area contributed by atoms with Crippen molar-refractivity contribution >= 4 is 0 Å². The summed E-state index contributed by atoms with van der Waals surface area (Å²) in [6.45, 7) is 4.58. The zero-order valence-electron chi connectivity index (χ0n) is 11.3. The molecule has 0 radical (unpaired) electrons. The smallest absolute Gasteiger partial charge is 0.0294 e. The Hall–Kier alpha value is -0.860. The number of fused-ring (bicyclic) bond motifs is 1. The molecule has 1 aromatic rings. The van der Waals surface area contributed by atoms with Crippen LogP contribution in [-0.4, -0.2) is 19.1 Å². The second kappa shape index (κ2) is 5.41. The van der Waals surface area contributed by atoms with Gasteiger partial charge in [0.15, 0.2) is 0 Å². The van der Waals surface area contributed by atoms with Crippen molar-refractivity contribution in [3.63, 3.8) is 0 Å². The van der Waals surface area contributed by atoms with E-state index in [-0.39, 0.29) is 0 Å². The Balaban J connectivity index is 1.70. The molecule has 2 unspecified atom stereocenters. The Morgan fingerprint density at radius 1 is 1.22 bits per heavy atom. The molecule has 0 spiro atoms. The molecule has 2 atom stereocenters. The summed E-state index contributed by atoms with van der Waals surface area (Å²) in [7, 11) is 0. The van der Waals surface area contributed by atoms with E-state index in [0.717, 1.165) is 13.1 Å². The van der Waals surface area contributed by atoms with Gasteiger partial charge in [0.25, 0.3) is 0 Å². The molecule has 2 N–H and O–H groups in total. The van der Waals surface area contributed by atoms with Crippen LogP contribution in [0.3, 0.4) is 0 Å². The fourth-order valence-corrected chi connectivity index (χ4v) is 3.27. The van der Waals surface area contributed by atoms with Crippen molar-refractivity contribution in [1.29, 1.82) is 0 Å². The van der Waals surface area contributed by atoms with Crippen molar-refractivity contribution in [3.8, 4) is 0 Å². The zero-order chi connectivity index (χ0) is 12.4. The summed E-state index contributed by atoms with van der Waals surface area (Å²) in [5.74, 6) is 0. The first-order chi connectivity index (χ1) is 8.83. The molecule has 18 heavy (non-hydrogen) atoms. The van der Waals surface area contributed by atoms with Crippen LogP contribution in [0.5, 0.6) is 0 Å². The van der Waals surface area contributed by atoms with Gasteiger partial charge in [-0.3, -0.25) is 0 Å². The summed E-state index contributed by atoms with van der Waals surface area (Å²) in [4.78, 5) is 0. The Morgan fingerprint density at radius 3 is 2.83 bits per heavy atom. The predicted molar refractivity (Wildman–Crippen MR) is 75.9 cm³/mol. The van der Waals surface area contributed by atoms with Crippen LogP contribution in [0.4, 0.5) is 0 Å². The van der Waals surface area contributed by atoms with Crippen LogP contribution in [0.1, 0.15) is 48.9 Å². The van der Waals surface area contributed by atoms with Gasteiger partial charge in [0.05, 0.1) is 0 Å². The maximum absolute atomic E-state index is 3.74. The maximum Gasteiger partial charge on any atom is 0.0294 e. The van der Waals surface area contributed by atoms with Crippen LogP contribution in [0.15, 0.2) is 18.2 Å². The summed E-state index contributed by atoms with van der Waals surface area (Å²) in [6.07, 6.45) is 6.55. The van der Waals surface area contributed by atoms with Gasteiger partial charge in [0.1, 0.15) is 0 Å². The molecule has 98 valence electrons. The molecular formula is C16H24N2. The van der Waals surface area contributed by atoms with Gasteiger partial charge in [-0.2, -0.15) is 0 Å². The van der Waals surface area contributed by atoms with Gasteiger partial charge in [-0.25, -0.2) is 0 Å². The maximum atomic E-state index is 3.74. The molecular weight excluding hydrogens is 220 g/mol. The second-order valence-corrected chi connectivity index (χ2v) is 5.81. The van der Waals surface area contributed by atoms with E-state index in [2.05, 4.69) is 35.8 Å². The molecule has 0 amide bonds. The number of benzene rings is 1. The van der Waals surface area contributed by atoms with Crippen LogP contribution in [0.25, 0.3) is 0 Å². The predicted octanol–water partition coefficient (Wildman–Crippen LogP) is 2.58. The molecule has 2 nitrogen and oxygen atoms in total. The van der Waals surface area contributed by atoms with Crippen molar-refractivity contribution < 1.29 is 0 Å². The quantitative estimate of drug-likeness (QED) is 0.854. The van der Waals surface area contributed by atoms with Crippen molar-refractivity contribution in [2.45, 2.75) is 51.1 Å². The van der Waals surface area contributed by atoms with Gasteiger partial charge in [0, 0.05) is 18.6 Å². The van der Waals surface area contributed by atoms with Gasteiger partial charge in [-0.15, -0.1) is 0 Å². The standard InChI is InChI=1S/C16H24N2/c1-12(18-16-8-9-17-11-16)14-7-6-13-4-2-3-5-15(13)10-14/h6-7,10,12,16-18H,2-5,8-9,11H2,1H3. The highest BCUT2D eigenvalue weighted by Crippen LogP contribution is 2.25. The highest BCUT2D eigenvalue weighted by molar-refractivity contribution is 5.35. The lowest BCUT2D eigenvalue weighted by atomic mass is 9.89. The number of rotatable bonds is 3. The number of aryl methyl sites for hydroxylation is 2. The minimum atomic E-state index is 0.474. The molecule has 1 fully saturated rings. The largest absolute Gasteiger partial charge is 0.315 e. The normalized spacial score (nSPS) is 24.8. The summed E-state index contributed by atoms with van der Waals surface area (Å²) >= 11 is 0. The summed E-state index contributed by atoms with van der Waals surface area (Å²) < 4.78 is 0. The average Bonchev–Trinajstić information content (AvgIpc) is 2.91. The Morgan fingerprint density at radius 2 is 2.06 bits per heavy atom. The highest BCUT2D eigenvalue weighted by atomic mass is 15.0. The van der Waals surface area contributed by atoms with Gasteiger partial charge >= 0.3 is 0 Å². The fraction of sp³-hybridized carbons (Fsp3) is 0.625. The SMILES string of the molecule is CC(NC1CCNC1)c1ccc2c(c1)CCCC2. The molecule has 1 aromatic carbocycles. The topological polar surface area (TPSA) is 24.1 Å². The first kappa shape index (κ1) is 12.2. The fourth-order valence-electron chi connectivity index (χ4n) is 3.27. The van der Waals surface area contributed by atoms with Crippen molar-refractivity contribution in [3.05, 3.63) is 34.9 Å². The monoisotopic (exact) mass is 244 g/mol. The summed E-state index contributed by atoms with van der Waals surface area (Å²) in [5.41, 5.74) is 4.64. The van der Waals surface area contributed by atoms with Crippen molar-refractivity contribution in [2.24, 2.45) is 0 Å². The molecule has 0 bridgehead atoms. The molecule has 1 aliphatic carbocycles. The van der Waals surface area contributed by atoms with E-state index in [1.165, 1.54) is 37.7 Å². The molecule has 0 aromatic heterocycles. The van der Waals surface area contributed by atoms with E-state index >= 15 is 0 Å². The molecule has 2 aliphatic rings. The number of hydrogen-bond donors (Lipinski definition) is 2. The van der Waals surface area contributed by atoms with Crippen LogP contribution in [-0.2, 0) is 12.8 Å². The molecule has 2 heteroatoms. The van der Waals surface area contributed by atoms with Crippen LogP contribution >= 0.6 is 0 Å². The molecule has 3 rings (SSSR count). The second-order valence-electron chi connectivity index (χ2n) is 5.81. The van der Waals surface area contributed by atoms with Crippen LogP contribution in [0, 0.1) is 0 Å². The van der Waals surface area contributed by atoms with E-state index in [1.807, 2.05) is 0 Å². The Kier molecular flexibility index (Phi) is 3.67. The van der Waals surface area contributed by atoms with Crippen LogP contribution in [0.2, 0.25) is 0 Å². The highest BCUT2D eigenvalue weighted by Gasteiger charge is 2.18. The van der Waals surface area contributed by atoms with Crippen LogP contribution < -0.4 is 10.6 Å². The third kappa shape index (κ3) is 2.60. The van der Waals surface area contributed by atoms with Gasteiger partial charge < -0.3 is 10.6 Å². The Labute approximate surface area is 110 Å². The lowest BCUT2D eigenvalue weighted by Gasteiger charge is -2.22. The average molecular weight is 244 g/mol. The third-order valence-electron chi connectivity index (χ3n) is 4.42. The van der Waals surface area contributed by atoms with Gasteiger partial charge in [0.2, 0.25) is 0 Å². The minimum Gasteiger partial charge on any atom is -0.315 e. The third-order valence-corrected chi connectivity index (χ3v) is 4.42. The molecule has 1 heterocycles. The van der Waals surface area contributed by atoms with E-state index in [9.17, 15) is 0 Å². The minimum absolute atomic E-state index is 0.474. The first-order valence-electron chi connectivity index (χ1n) is 7.41. The van der Waals surface area contributed by atoms with E-state index < -0.39 is 0 Å². The van der Waals surface area contributed by atoms with E-state index in [1.54, 1.807) is 11.1 Å². The molecule has 1 aliphatic heterocycles.